The molecular weight excluding hydrogens is 346 g/mol. The highest BCUT2D eigenvalue weighted by molar-refractivity contribution is 7.73. The van der Waals surface area contributed by atoms with Gasteiger partial charge in [-0.3, -0.25) is 0 Å². The van der Waals surface area contributed by atoms with Crippen LogP contribution in [0.1, 0.15) is 19.4 Å². The molecule has 1 aromatic heterocycles. The Morgan fingerprint density at radius 1 is 1.29 bits per heavy atom. The molecule has 128 valence electrons. The van der Waals surface area contributed by atoms with Crippen molar-refractivity contribution < 1.29 is 19.0 Å². The topological polar surface area (TPSA) is 60.6 Å². The summed E-state index contributed by atoms with van der Waals surface area (Å²) in [5, 5.41) is 0.635. The van der Waals surface area contributed by atoms with Gasteiger partial charge in [-0.1, -0.05) is 6.07 Å². The molecule has 2 rings (SSSR count). The second-order valence-corrected chi connectivity index (χ2v) is 6.40. The third-order valence-corrected chi connectivity index (χ3v) is 4.24. The van der Waals surface area contributed by atoms with Crippen molar-refractivity contribution in [2.45, 2.75) is 13.8 Å². The van der Waals surface area contributed by atoms with Crippen LogP contribution in [0.5, 0.6) is 11.5 Å². The number of ether oxygens (including phenoxy) is 3. The number of hydrogen-bond acceptors (Lipinski definition) is 6. The molecule has 0 aliphatic carbocycles. The Labute approximate surface area is 149 Å². The number of benzene rings is 1. The van der Waals surface area contributed by atoms with E-state index < -0.39 is 5.97 Å². The summed E-state index contributed by atoms with van der Waals surface area (Å²) in [6, 6.07) is 5.65. The average Bonchev–Trinajstić information content (AvgIpc) is 2.88. The molecule has 0 saturated carbocycles. The third-order valence-electron chi connectivity index (χ3n) is 3.04. The van der Waals surface area contributed by atoms with Gasteiger partial charge in [0.2, 0.25) is 0 Å². The number of rotatable bonds is 6. The van der Waals surface area contributed by atoms with E-state index in [1.807, 2.05) is 31.2 Å². The van der Waals surface area contributed by atoms with Crippen LogP contribution >= 0.6 is 23.6 Å². The molecule has 0 bridgehead atoms. The highest BCUT2D eigenvalue weighted by Gasteiger charge is 2.04. The summed E-state index contributed by atoms with van der Waals surface area (Å²) < 4.78 is 17.3. The molecule has 7 heteroatoms. The fourth-order valence-electron chi connectivity index (χ4n) is 2.07. The minimum Gasteiger partial charge on any atom is -0.493 e. The summed E-state index contributed by atoms with van der Waals surface area (Å²) in [6.07, 6.45) is 3.34. The van der Waals surface area contributed by atoms with E-state index in [0.717, 1.165) is 10.1 Å². The minimum atomic E-state index is -0.402. The van der Waals surface area contributed by atoms with Crippen molar-refractivity contribution in [2.75, 3.05) is 20.3 Å². The summed E-state index contributed by atoms with van der Waals surface area (Å²) in [5.41, 5.74) is 0.916. The smallest absolute Gasteiger partial charge is 0.332 e. The number of esters is 1. The summed E-state index contributed by atoms with van der Waals surface area (Å²) >= 11 is 6.57. The molecule has 5 nitrogen and oxygen atoms in total. The van der Waals surface area contributed by atoms with E-state index in [2.05, 4.69) is 4.98 Å². The molecule has 0 amide bonds. The Balaban J connectivity index is 2.49. The van der Waals surface area contributed by atoms with Crippen molar-refractivity contribution in [3.8, 4) is 11.5 Å². The second kappa shape index (κ2) is 8.65. The fraction of sp³-hybridized carbons (Fsp3) is 0.294. The van der Waals surface area contributed by atoms with E-state index in [1.165, 1.54) is 17.4 Å². The van der Waals surface area contributed by atoms with E-state index in [0.29, 0.717) is 34.0 Å². The summed E-state index contributed by atoms with van der Waals surface area (Å²) in [7, 11) is 1.60. The van der Waals surface area contributed by atoms with Crippen LogP contribution in [0.15, 0.2) is 18.2 Å². The molecule has 0 unspecified atom stereocenters. The van der Waals surface area contributed by atoms with E-state index in [-0.39, 0.29) is 0 Å². The lowest BCUT2D eigenvalue weighted by atomic mass is 10.2. The zero-order valence-electron chi connectivity index (χ0n) is 13.8. The number of aromatic nitrogens is 1. The number of hydrogen-bond donors (Lipinski definition) is 1. The molecule has 0 atom stereocenters. The van der Waals surface area contributed by atoms with Crippen LogP contribution in [0, 0.1) is 3.95 Å². The molecule has 1 aromatic carbocycles. The van der Waals surface area contributed by atoms with Crippen molar-refractivity contribution in [3.63, 3.8) is 0 Å². The van der Waals surface area contributed by atoms with Crippen LogP contribution in [-0.2, 0) is 9.53 Å². The quantitative estimate of drug-likeness (QED) is 0.629. The average molecular weight is 365 g/mol. The van der Waals surface area contributed by atoms with E-state index >= 15 is 0 Å². The van der Waals surface area contributed by atoms with Crippen molar-refractivity contribution >= 4 is 41.7 Å². The molecule has 1 N–H and O–H groups in total. The first kappa shape index (κ1) is 18.2. The predicted octanol–water partition coefficient (Wildman–Crippen LogP) is 2.39. The van der Waals surface area contributed by atoms with E-state index in [9.17, 15) is 4.79 Å². The molecule has 0 aliphatic rings. The van der Waals surface area contributed by atoms with Crippen LogP contribution in [0.3, 0.4) is 0 Å². The van der Waals surface area contributed by atoms with Gasteiger partial charge < -0.3 is 19.2 Å². The number of carbonyl (C=O) groups is 1. The maximum atomic E-state index is 11.7. The Hall–Kier alpha value is -2.12. The zero-order valence-corrected chi connectivity index (χ0v) is 15.4. The van der Waals surface area contributed by atoms with Gasteiger partial charge in [0.05, 0.1) is 30.2 Å². The van der Waals surface area contributed by atoms with Gasteiger partial charge >= 0.3 is 5.97 Å². The number of carbonyl (C=O) groups excluding carboxylic acids is 1. The minimum absolute atomic E-state index is 0.329. The summed E-state index contributed by atoms with van der Waals surface area (Å²) in [5.74, 6) is 0.943. The number of methoxy groups -OCH3 is 1. The van der Waals surface area contributed by atoms with Gasteiger partial charge in [0.15, 0.2) is 15.5 Å². The van der Waals surface area contributed by atoms with Gasteiger partial charge in [0, 0.05) is 6.08 Å². The van der Waals surface area contributed by atoms with Gasteiger partial charge in [-0.2, -0.15) is 0 Å². The lowest BCUT2D eigenvalue weighted by Crippen LogP contribution is -2.23. The number of H-pyrrole nitrogens is 1. The largest absolute Gasteiger partial charge is 0.493 e. The Kier molecular flexibility index (Phi) is 6.57. The summed E-state index contributed by atoms with van der Waals surface area (Å²) in [4.78, 5) is 14.7. The van der Waals surface area contributed by atoms with Crippen molar-refractivity contribution in [3.05, 3.63) is 37.6 Å². The Bertz CT molecular complexity index is 883. The van der Waals surface area contributed by atoms with Crippen molar-refractivity contribution in [1.29, 1.82) is 0 Å². The Morgan fingerprint density at radius 2 is 2.08 bits per heavy atom. The molecule has 24 heavy (non-hydrogen) atoms. The maximum Gasteiger partial charge on any atom is 0.332 e. The molecule has 0 aliphatic heterocycles. The monoisotopic (exact) mass is 365 g/mol. The van der Waals surface area contributed by atoms with Gasteiger partial charge in [0.1, 0.15) is 0 Å². The molecule has 0 saturated heterocycles. The van der Waals surface area contributed by atoms with Crippen LogP contribution in [0.2, 0.25) is 0 Å². The van der Waals surface area contributed by atoms with Gasteiger partial charge in [-0.15, -0.1) is 11.3 Å². The molecule has 0 fully saturated rings. The normalized spacial score (nSPS) is 12.3. The highest BCUT2D eigenvalue weighted by atomic mass is 32.1. The van der Waals surface area contributed by atoms with Gasteiger partial charge in [-0.25, -0.2) is 4.79 Å². The van der Waals surface area contributed by atoms with E-state index in [1.54, 1.807) is 14.0 Å². The lowest BCUT2D eigenvalue weighted by molar-refractivity contribution is -0.135. The first-order valence-corrected chi connectivity index (χ1v) is 8.70. The fourth-order valence-corrected chi connectivity index (χ4v) is 3.22. The number of aromatic amines is 1. The Morgan fingerprint density at radius 3 is 2.75 bits per heavy atom. The van der Waals surface area contributed by atoms with Crippen LogP contribution in [0.25, 0.3) is 12.2 Å². The number of thiazole rings is 1. The first-order chi connectivity index (χ1) is 11.6. The second-order valence-electron chi connectivity index (χ2n) is 4.68. The lowest BCUT2D eigenvalue weighted by Gasteiger charge is -2.09. The maximum absolute atomic E-state index is 11.7. The predicted molar refractivity (Wildman–Crippen MR) is 97.6 cm³/mol. The zero-order chi connectivity index (χ0) is 17.5. The standard InChI is InChI=1S/C17H19NO4S2/c1-4-21-13-7-6-11(8-14(13)20-3)9-15-12(18-17(23)24-15)10-16(19)22-5-2/h6-10H,4-5H2,1-3H3,(H,18,23)/b12-10-,15-9-. The molecule has 1 heterocycles. The van der Waals surface area contributed by atoms with Crippen molar-refractivity contribution in [1.82, 2.24) is 4.98 Å². The van der Waals surface area contributed by atoms with Crippen LogP contribution in [0.4, 0.5) is 0 Å². The highest BCUT2D eigenvalue weighted by Crippen LogP contribution is 2.28. The molecule has 2 aromatic rings. The SMILES string of the molecule is CCOC(=O)/C=c1\[nH]c(=S)s\c1=C/c1ccc(OCC)c(OC)c1. The number of nitrogens with one attached hydrogen (secondary N) is 1. The summed E-state index contributed by atoms with van der Waals surface area (Å²) in [6.45, 7) is 4.58. The molecular formula is C17H19NO4S2. The first-order valence-electron chi connectivity index (χ1n) is 7.47. The van der Waals surface area contributed by atoms with Gasteiger partial charge in [-0.05, 0) is 49.8 Å². The third kappa shape index (κ3) is 4.69. The molecule has 0 radical (unpaired) electrons. The van der Waals surface area contributed by atoms with E-state index in [4.69, 9.17) is 26.4 Å². The van der Waals surface area contributed by atoms with Crippen LogP contribution < -0.4 is 19.4 Å². The van der Waals surface area contributed by atoms with Crippen molar-refractivity contribution in [2.24, 2.45) is 0 Å². The molecule has 0 spiro atoms. The van der Waals surface area contributed by atoms with Crippen LogP contribution in [-0.4, -0.2) is 31.3 Å². The van der Waals surface area contributed by atoms with Gasteiger partial charge in [0.25, 0.3) is 0 Å².